The molecule has 2 heterocycles. The first kappa shape index (κ1) is 29.6. The molecule has 6 aromatic rings. The minimum Gasteiger partial charge on any atom is -0.487 e. The second kappa shape index (κ2) is 13.1. The van der Waals surface area contributed by atoms with Crippen molar-refractivity contribution >= 4 is 9.84 Å². The van der Waals surface area contributed by atoms with Crippen LogP contribution in [0.2, 0.25) is 0 Å². The van der Waals surface area contributed by atoms with Gasteiger partial charge in [0, 0.05) is 0 Å². The van der Waals surface area contributed by atoms with Gasteiger partial charge in [-0.2, -0.15) is 0 Å². The predicted molar refractivity (Wildman–Crippen MR) is 158 cm³/mol. The first-order valence-electron chi connectivity index (χ1n) is 13.8. The van der Waals surface area contributed by atoms with Gasteiger partial charge in [-0.25, -0.2) is 26.6 Å². The predicted octanol–water partition coefficient (Wildman–Crippen LogP) is 5.24. The zero-order valence-electron chi connectivity index (χ0n) is 23.7. The zero-order valence-corrected chi connectivity index (χ0v) is 24.5. The number of rotatable bonds is 12. The maximum Gasteiger partial charge on any atom is 0.206 e. The Morgan fingerprint density at radius 2 is 0.933 bits per heavy atom. The highest BCUT2D eigenvalue weighted by atomic mass is 32.2. The Hall–Kier alpha value is -5.43. The van der Waals surface area contributed by atoms with Gasteiger partial charge in [0.25, 0.3) is 0 Å². The quantitative estimate of drug-likeness (QED) is 0.181. The standard InChI is InChI=1S/C32H26F2N6O4S/c33-25-5-1-23(2-6-25)17-39-19-27(35-37-39)21-43-29-9-13-31(14-10-29)45(41,42)32-15-11-30(12-16-32)44-22-28-20-40(38-36-28)18-24-3-7-26(34)8-4-24/h1-16,19-20H,17-18,21-22H2. The van der Waals surface area contributed by atoms with Gasteiger partial charge in [-0.15, -0.1) is 10.2 Å². The lowest BCUT2D eigenvalue weighted by molar-refractivity contribution is 0.301. The molecule has 0 aliphatic carbocycles. The van der Waals surface area contributed by atoms with E-state index in [1.54, 1.807) is 70.3 Å². The molecular formula is C32H26F2N6O4S. The van der Waals surface area contributed by atoms with Gasteiger partial charge in [0.15, 0.2) is 0 Å². The molecule has 13 heteroatoms. The Bertz CT molecular complexity index is 1840. The van der Waals surface area contributed by atoms with E-state index in [1.165, 1.54) is 48.5 Å². The molecule has 0 spiro atoms. The lowest BCUT2D eigenvalue weighted by Gasteiger charge is -2.09. The molecule has 10 nitrogen and oxygen atoms in total. The molecule has 0 amide bonds. The highest BCUT2D eigenvalue weighted by Gasteiger charge is 2.18. The van der Waals surface area contributed by atoms with E-state index in [4.69, 9.17) is 9.47 Å². The van der Waals surface area contributed by atoms with E-state index in [9.17, 15) is 17.2 Å². The first-order chi connectivity index (χ1) is 21.8. The van der Waals surface area contributed by atoms with E-state index < -0.39 is 9.84 Å². The molecule has 0 fully saturated rings. The summed E-state index contributed by atoms with van der Waals surface area (Å²) in [6.45, 7) is 1.16. The molecule has 0 saturated heterocycles. The lowest BCUT2D eigenvalue weighted by atomic mass is 10.2. The Labute approximate surface area is 257 Å². The molecule has 6 rings (SSSR count). The van der Waals surface area contributed by atoms with Gasteiger partial charge in [0.05, 0.1) is 35.3 Å². The van der Waals surface area contributed by atoms with Crippen molar-refractivity contribution in [1.29, 1.82) is 0 Å². The minimum atomic E-state index is -3.77. The van der Waals surface area contributed by atoms with E-state index in [0.717, 1.165) is 11.1 Å². The second-order valence-electron chi connectivity index (χ2n) is 10.1. The summed E-state index contributed by atoms with van der Waals surface area (Å²) in [6, 6.07) is 24.5. The van der Waals surface area contributed by atoms with Gasteiger partial charge < -0.3 is 9.47 Å². The number of sulfone groups is 1. The molecule has 0 aliphatic rings. The number of hydrogen-bond donors (Lipinski definition) is 0. The van der Waals surface area contributed by atoms with Crippen LogP contribution in [-0.4, -0.2) is 38.4 Å². The third-order valence-electron chi connectivity index (χ3n) is 6.73. The fraction of sp³-hybridized carbons (Fsp3) is 0.125. The first-order valence-corrected chi connectivity index (χ1v) is 15.3. The molecule has 4 aromatic carbocycles. The molecule has 45 heavy (non-hydrogen) atoms. The summed E-state index contributed by atoms with van der Waals surface area (Å²) >= 11 is 0. The van der Waals surface area contributed by atoms with E-state index in [0.29, 0.717) is 36.0 Å². The number of hydrogen-bond acceptors (Lipinski definition) is 8. The van der Waals surface area contributed by atoms with Crippen molar-refractivity contribution in [2.45, 2.75) is 36.1 Å². The van der Waals surface area contributed by atoms with E-state index in [2.05, 4.69) is 20.6 Å². The maximum absolute atomic E-state index is 13.2. The molecule has 0 aliphatic heterocycles. The monoisotopic (exact) mass is 628 g/mol. The number of nitrogens with zero attached hydrogens (tertiary/aromatic N) is 6. The van der Waals surface area contributed by atoms with Gasteiger partial charge in [-0.3, -0.25) is 0 Å². The number of aromatic nitrogens is 6. The summed E-state index contributed by atoms with van der Waals surface area (Å²) in [4.78, 5) is 0.234. The van der Waals surface area contributed by atoms with Crippen LogP contribution in [0.25, 0.3) is 0 Å². The average molecular weight is 629 g/mol. The van der Waals surface area contributed by atoms with Crippen LogP contribution in [0, 0.1) is 11.6 Å². The van der Waals surface area contributed by atoms with Crippen LogP contribution in [-0.2, 0) is 36.1 Å². The Morgan fingerprint density at radius 3 is 1.31 bits per heavy atom. The fourth-order valence-corrected chi connectivity index (χ4v) is 5.66. The summed E-state index contributed by atoms with van der Waals surface area (Å²) in [6.07, 6.45) is 3.46. The number of benzene rings is 4. The number of ether oxygens (including phenoxy) is 2. The summed E-state index contributed by atoms with van der Waals surface area (Å²) in [5.41, 5.74) is 2.94. The Morgan fingerprint density at radius 1 is 0.556 bits per heavy atom. The SMILES string of the molecule is O=S(=O)(c1ccc(OCc2cn(Cc3ccc(F)cc3)nn2)cc1)c1ccc(OCc2cn(Cc3ccc(F)cc3)nn2)cc1. The van der Waals surface area contributed by atoms with Crippen molar-refractivity contribution in [2.24, 2.45) is 0 Å². The maximum atomic E-state index is 13.2. The largest absolute Gasteiger partial charge is 0.487 e. The molecule has 0 saturated carbocycles. The molecule has 0 bridgehead atoms. The summed E-state index contributed by atoms with van der Waals surface area (Å²) in [7, 11) is -3.77. The van der Waals surface area contributed by atoms with Crippen molar-refractivity contribution < 1.29 is 26.7 Å². The molecule has 0 radical (unpaired) electrons. The van der Waals surface area contributed by atoms with E-state index in [1.807, 2.05) is 0 Å². The van der Waals surface area contributed by atoms with Crippen LogP contribution in [0.15, 0.2) is 119 Å². The van der Waals surface area contributed by atoms with Gasteiger partial charge in [-0.1, -0.05) is 34.7 Å². The highest BCUT2D eigenvalue weighted by Crippen LogP contribution is 2.25. The molecule has 0 unspecified atom stereocenters. The highest BCUT2D eigenvalue weighted by molar-refractivity contribution is 7.91. The van der Waals surface area contributed by atoms with Crippen molar-refractivity contribution in [1.82, 2.24) is 30.0 Å². The van der Waals surface area contributed by atoms with Crippen molar-refractivity contribution in [3.8, 4) is 11.5 Å². The summed E-state index contributed by atoms with van der Waals surface area (Å²) < 4.78 is 67.4. The third-order valence-corrected chi connectivity index (χ3v) is 8.51. The Balaban J connectivity index is 1.00. The van der Waals surface area contributed by atoms with Crippen LogP contribution in [0.3, 0.4) is 0 Å². The van der Waals surface area contributed by atoms with Gasteiger partial charge in [-0.05, 0) is 83.9 Å². The minimum absolute atomic E-state index is 0.117. The molecule has 0 N–H and O–H groups in total. The summed E-state index contributed by atoms with van der Waals surface area (Å²) in [5, 5.41) is 16.3. The van der Waals surface area contributed by atoms with E-state index in [-0.39, 0.29) is 34.6 Å². The number of halogens is 2. The van der Waals surface area contributed by atoms with Gasteiger partial charge >= 0.3 is 0 Å². The topological polar surface area (TPSA) is 114 Å². The molecule has 2 aromatic heterocycles. The van der Waals surface area contributed by atoms with Crippen LogP contribution < -0.4 is 9.47 Å². The van der Waals surface area contributed by atoms with Crippen LogP contribution in [0.5, 0.6) is 11.5 Å². The normalized spacial score (nSPS) is 11.4. The lowest BCUT2D eigenvalue weighted by Crippen LogP contribution is -2.03. The van der Waals surface area contributed by atoms with Gasteiger partial charge in [0.1, 0.15) is 47.7 Å². The molecule has 0 atom stereocenters. The molecule has 228 valence electrons. The fourth-order valence-electron chi connectivity index (χ4n) is 4.40. The summed E-state index contributed by atoms with van der Waals surface area (Å²) in [5.74, 6) is 0.343. The van der Waals surface area contributed by atoms with Crippen LogP contribution in [0.4, 0.5) is 8.78 Å². The van der Waals surface area contributed by atoms with Crippen LogP contribution in [0.1, 0.15) is 22.5 Å². The van der Waals surface area contributed by atoms with E-state index >= 15 is 0 Å². The molecular weight excluding hydrogens is 602 g/mol. The smallest absolute Gasteiger partial charge is 0.206 e. The van der Waals surface area contributed by atoms with Crippen molar-refractivity contribution in [3.63, 3.8) is 0 Å². The van der Waals surface area contributed by atoms with Crippen molar-refractivity contribution in [3.05, 3.63) is 144 Å². The third kappa shape index (κ3) is 7.57. The van der Waals surface area contributed by atoms with Gasteiger partial charge in [0.2, 0.25) is 9.84 Å². The second-order valence-corrected chi connectivity index (χ2v) is 12.0. The van der Waals surface area contributed by atoms with Crippen LogP contribution >= 0.6 is 0 Å². The zero-order chi connectivity index (χ0) is 31.2. The average Bonchev–Trinajstić information content (AvgIpc) is 3.71. The Kier molecular flexibility index (Phi) is 8.60. The van der Waals surface area contributed by atoms with Crippen molar-refractivity contribution in [2.75, 3.05) is 0 Å².